The molecule has 1 aliphatic heterocycles. The van der Waals surface area contributed by atoms with E-state index < -0.39 is 0 Å². The van der Waals surface area contributed by atoms with E-state index >= 15 is 0 Å². The maximum absolute atomic E-state index is 13.6. The lowest BCUT2D eigenvalue weighted by atomic mass is 9.97. The zero-order valence-corrected chi connectivity index (χ0v) is 23.5. The smallest absolute Gasteiger partial charge is 0.286 e. The van der Waals surface area contributed by atoms with Crippen molar-refractivity contribution in [1.82, 2.24) is 10.2 Å². The van der Waals surface area contributed by atoms with Crippen molar-refractivity contribution in [2.45, 2.75) is 38.0 Å². The second-order valence-corrected chi connectivity index (χ2v) is 11.3. The van der Waals surface area contributed by atoms with Crippen LogP contribution in [-0.2, 0) is 24.2 Å². The maximum Gasteiger partial charge on any atom is 0.286 e. The molecule has 3 amide bonds. The van der Waals surface area contributed by atoms with Crippen molar-refractivity contribution in [1.29, 1.82) is 0 Å². The Balaban J connectivity index is 1.28. The van der Waals surface area contributed by atoms with Gasteiger partial charge in [-0.15, -0.1) is 0 Å². The third kappa shape index (κ3) is 6.35. The number of nitrogens with one attached hydrogen (secondary N) is 1. The van der Waals surface area contributed by atoms with Gasteiger partial charge in [-0.05, 0) is 63.9 Å². The summed E-state index contributed by atoms with van der Waals surface area (Å²) in [6.07, 6.45) is 2.67. The highest BCUT2D eigenvalue weighted by atomic mass is 32.2. The van der Waals surface area contributed by atoms with Crippen molar-refractivity contribution < 1.29 is 14.4 Å². The highest BCUT2D eigenvalue weighted by molar-refractivity contribution is 8.15. The van der Waals surface area contributed by atoms with Gasteiger partial charge in [-0.1, -0.05) is 110 Å². The van der Waals surface area contributed by atoms with E-state index in [9.17, 15) is 14.4 Å². The van der Waals surface area contributed by atoms with Gasteiger partial charge in [0.25, 0.3) is 11.1 Å². The number of nitrogens with zero attached hydrogens (tertiary/aromatic N) is 1. The molecule has 1 saturated heterocycles. The summed E-state index contributed by atoms with van der Waals surface area (Å²) in [6, 6.07) is 32.6. The topological polar surface area (TPSA) is 66.5 Å². The van der Waals surface area contributed by atoms with Crippen LogP contribution in [0.1, 0.15) is 40.4 Å². The van der Waals surface area contributed by atoms with Gasteiger partial charge in [-0.25, -0.2) is 0 Å². The van der Waals surface area contributed by atoms with Crippen molar-refractivity contribution in [3.63, 3.8) is 0 Å². The molecule has 1 N–H and O–H groups in total. The Bertz CT molecular complexity index is 1530. The minimum absolute atomic E-state index is 0.0182. The largest absolute Gasteiger partial charge is 0.337 e. The quantitative estimate of drug-likeness (QED) is 0.241. The van der Waals surface area contributed by atoms with E-state index in [1.807, 2.05) is 67.7 Å². The average molecular weight is 549 g/mol. The molecule has 6 heteroatoms. The number of aryl methyl sites for hydroxylation is 1. The van der Waals surface area contributed by atoms with Crippen LogP contribution < -0.4 is 5.32 Å². The number of imide groups is 1. The van der Waals surface area contributed by atoms with Crippen LogP contribution in [0.5, 0.6) is 0 Å². The Morgan fingerprint density at radius 3 is 2.20 bits per heavy atom. The first-order chi connectivity index (χ1) is 19.4. The minimum Gasteiger partial charge on any atom is -0.337 e. The van der Waals surface area contributed by atoms with E-state index in [0.29, 0.717) is 18.5 Å². The molecule has 40 heavy (non-hydrogen) atoms. The van der Waals surface area contributed by atoms with Crippen LogP contribution >= 0.6 is 11.8 Å². The van der Waals surface area contributed by atoms with Crippen LogP contribution in [0.3, 0.4) is 0 Å². The van der Waals surface area contributed by atoms with Crippen molar-refractivity contribution in [3.05, 3.63) is 119 Å². The molecule has 1 unspecified atom stereocenters. The predicted molar refractivity (Wildman–Crippen MR) is 162 cm³/mol. The molecule has 0 radical (unpaired) electrons. The molecule has 202 valence electrons. The second-order valence-electron chi connectivity index (χ2n) is 10.1. The van der Waals surface area contributed by atoms with Crippen LogP contribution in [-0.4, -0.2) is 34.3 Å². The summed E-state index contributed by atoms with van der Waals surface area (Å²) >= 11 is 1.05. The van der Waals surface area contributed by atoms with E-state index in [1.165, 1.54) is 5.56 Å². The van der Waals surface area contributed by atoms with Gasteiger partial charge in [0.05, 0.1) is 5.25 Å². The summed E-state index contributed by atoms with van der Waals surface area (Å²) in [5.74, 6) is -0.242. The van der Waals surface area contributed by atoms with Crippen LogP contribution in [0, 0.1) is 0 Å². The van der Waals surface area contributed by atoms with E-state index in [0.717, 1.165) is 58.0 Å². The van der Waals surface area contributed by atoms with Crippen molar-refractivity contribution in [3.8, 4) is 22.3 Å². The molecule has 0 aromatic heterocycles. The molecule has 0 spiro atoms. The van der Waals surface area contributed by atoms with Gasteiger partial charge in [0, 0.05) is 19.2 Å². The lowest BCUT2D eigenvalue weighted by Crippen LogP contribution is -2.26. The van der Waals surface area contributed by atoms with Crippen LogP contribution in [0.25, 0.3) is 22.3 Å². The number of rotatable bonds is 9. The van der Waals surface area contributed by atoms with Gasteiger partial charge in [-0.2, -0.15) is 0 Å². The number of carbonyl (C=O) groups is 3. The zero-order valence-electron chi connectivity index (χ0n) is 22.7. The summed E-state index contributed by atoms with van der Waals surface area (Å²) in [7, 11) is 1.84. The van der Waals surface area contributed by atoms with Crippen LogP contribution in [0.2, 0.25) is 0 Å². The summed E-state index contributed by atoms with van der Waals surface area (Å²) in [5.41, 5.74) is 8.13. The van der Waals surface area contributed by atoms with Gasteiger partial charge < -0.3 is 4.90 Å². The third-order valence-corrected chi connectivity index (χ3v) is 8.11. The molecular formula is C34H32N2O3S. The SMILES string of the molecule is CCCc1ccc(-c2ccccc2C(=O)N(C)Cc2cccc(-c3ccc(CC4SC(=O)NC4=O)cc3)c2)cc1. The number of thioether (sulfide) groups is 1. The van der Waals surface area contributed by atoms with Gasteiger partial charge in [-0.3, -0.25) is 19.7 Å². The first-order valence-electron chi connectivity index (χ1n) is 13.5. The maximum atomic E-state index is 13.6. The van der Waals surface area contributed by atoms with Crippen LogP contribution in [0.15, 0.2) is 97.1 Å². The van der Waals surface area contributed by atoms with E-state index in [4.69, 9.17) is 0 Å². The molecule has 4 aromatic carbocycles. The molecule has 1 aliphatic rings. The Kier molecular flexibility index (Phi) is 8.46. The zero-order chi connectivity index (χ0) is 28.1. The van der Waals surface area contributed by atoms with Gasteiger partial charge in [0.1, 0.15) is 0 Å². The fourth-order valence-electron chi connectivity index (χ4n) is 5.04. The van der Waals surface area contributed by atoms with Gasteiger partial charge >= 0.3 is 0 Å². The number of carbonyl (C=O) groups excluding carboxylic acids is 3. The number of amides is 3. The highest BCUT2D eigenvalue weighted by Crippen LogP contribution is 2.28. The monoisotopic (exact) mass is 548 g/mol. The molecule has 0 bridgehead atoms. The van der Waals surface area contributed by atoms with E-state index in [1.54, 1.807) is 4.90 Å². The molecular weight excluding hydrogens is 516 g/mol. The van der Waals surface area contributed by atoms with Crippen molar-refractivity contribution in [2.24, 2.45) is 0 Å². The highest BCUT2D eigenvalue weighted by Gasteiger charge is 2.31. The fourth-order valence-corrected chi connectivity index (χ4v) is 5.90. The molecule has 0 saturated carbocycles. The third-order valence-electron chi connectivity index (χ3n) is 7.13. The standard InChI is InChI=1S/C34H32N2O3S/c1-3-7-23-12-18-27(19-13-23)29-10-4-5-11-30(29)33(38)36(2)22-25-8-6-9-28(20-25)26-16-14-24(15-17-26)21-31-32(37)35-34(39)40-31/h4-6,8-20,31H,3,7,21-22H2,1-2H3,(H,35,37,39). The van der Waals surface area contributed by atoms with Crippen LogP contribution in [0.4, 0.5) is 4.79 Å². The summed E-state index contributed by atoms with van der Waals surface area (Å²) in [5, 5.41) is 1.68. The van der Waals surface area contributed by atoms with Crippen molar-refractivity contribution in [2.75, 3.05) is 7.05 Å². The van der Waals surface area contributed by atoms with Gasteiger partial charge in [0.15, 0.2) is 0 Å². The summed E-state index contributed by atoms with van der Waals surface area (Å²) in [6.45, 7) is 2.66. The second kappa shape index (κ2) is 12.3. The molecule has 0 aliphatic carbocycles. The molecule has 5 rings (SSSR count). The number of hydrogen-bond acceptors (Lipinski definition) is 4. The number of benzene rings is 4. The lowest BCUT2D eigenvalue weighted by Gasteiger charge is -2.20. The molecule has 1 fully saturated rings. The Morgan fingerprint density at radius 1 is 0.800 bits per heavy atom. The molecule has 5 nitrogen and oxygen atoms in total. The summed E-state index contributed by atoms with van der Waals surface area (Å²) in [4.78, 5) is 38.7. The van der Waals surface area contributed by atoms with E-state index in [-0.39, 0.29) is 22.3 Å². The van der Waals surface area contributed by atoms with Gasteiger partial charge in [0.2, 0.25) is 5.91 Å². The molecule has 1 heterocycles. The normalized spacial score (nSPS) is 14.7. The lowest BCUT2D eigenvalue weighted by molar-refractivity contribution is -0.118. The molecule has 1 atom stereocenters. The van der Waals surface area contributed by atoms with Crippen molar-refractivity contribution >= 4 is 28.8 Å². The minimum atomic E-state index is -0.375. The van der Waals surface area contributed by atoms with E-state index in [2.05, 4.69) is 48.6 Å². The number of hydrogen-bond donors (Lipinski definition) is 1. The summed E-state index contributed by atoms with van der Waals surface area (Å²) < 4.78 is 0. The Morgan fingerprint density at radius 2 is 1.50 bits per heavy atom. The fraction of sp³-hybridized carbons (Fsp3) is 0.206. The Hall–Kier alpha value is -4.16. The predicted octanol–water partition coefficient (Wildman–Crippen LogP) is 7.14. The average Bonchev–Trinajstić information content (AvgIpc) is 3.29. The molecule has 4 aromatic rings. The first-order valence-corrected chi connectivity index (χ1v) is 14.4. The first kappa shape index (κ1) is 27.4. The Labute approximate surface area is 239 Å².